The van der Waals surface area contributed by atoms with E-state index in [1.807, 2.05) is 30.3 Å². The van der Waals surface area contributed by atoms with E-state index in [4.69, 9.17) is 21.1 Å². The highest BCUT2D eigenvalue weighted by Crippen LogP contribution is 2.20. The maximum absolute atomic E-state index is 12.3. The molecule has 0 aliphatic carbocycles. The van der Waals surface area contributed by atoms with Crippen LogP contribution in [0.1, 0.15) is 17.2 Å². The van der Waals surface area contributed by atoms with E-state index < -0.39 is 6.10 Å². The van der Waals surface area contributed by atoms with Gasteiger partial charge in [0.25, 0.3) is 11.8 Å². The summed E-state index contributed by atoms with van der Waals surface area (Å²) >= 11 is 6.02. The van der Waals surface area contributed by atoms with Gasteiger partial charge >= 0.3 is 0 Å². The molecule has 3 aromatic carbocycles. The largest absolute Gasteiger partial charge is 0.484 e. The summed E-state index contributed by atoms with van der Waals surface area (Å²) in [5, 5.41) is 7.12. The zero-order valence-electron chi connectivity index (χ0n) is 17.3. The summed E-state index contributed by atoms with van der Waals surface area (Å²) < 4.78 is 10.8. The Labute approximate surface area is 191 Å². The van der Waals surface area contributed by atoms with Crippen LogP contribution < -0.4 is 15.5 Å². The summed E-state index contributed by atoms with van der Waals surface area (Å²) in [7, 11) is 1.47. The van der Waals surface area contributed by atoms with Gasteiger partial charge in [0, 0.05) is 7.11 Å². The number of ether oxygens (including phenoxy) is 2. The summed E-state index contributed by atoms with van der Waals surface area (Å²) in [5.41, 5.74) is 4.48. The zero-order chi connectivity index (χ0) is 22.8. The molecule has 7 nitrogen and oxygen atoms in total. The number of methoxy groups -OCH3 is 1. The van der Waals surface area contributed by atoms with Crippen molar-refractivity contribution < 1.29 is 19.1 Å². The molecule has 0 aliphatic heterocycles. The van der Waals surface area contributed by atoms with Crippen LogP contribution in [-0.4, -0.2) is 31.7 Å². The third-order valence-electron chi connectivity index (χ3n) is 4.36. The molecule has 0 aliphatic rings. The van der Waals surface area contributed by atoms with E-state index in [-0.39, 0.29) is 18.4 Å². The number of benzene rings is 3. The van der Waals surface area contributed by atoms with Crippen molar-refractivity contribution in [1.29, 1.82) is 0 Å². The lowest BCUT2D eigenvalue weighted by Gasteiger charge is -2.13. The predicted molar refractivity (Wildman–Crippen MR) is 124 cm³/mol. The van der Waals surface area contributed by atoms with Crippen molar-refractivity contribution in [1.82, 2.24) is 5.43 Å². The van der Waals surface area contributed by atoms with E-state index in [0.717, 1.165) is 11.1 Å². The Morgan fingerprint density at radius 2 is 1.69 bits per heavy atom. The molecule has 0 saturated heterocycles. The van der Waals surface area contributed by atoms with E-state index >= 15 is 0 Å². The van der Waals surface area contributed by atoms with Crippen molar-refractivity contribution in [2.24, 2.45) is 5.10 Å². The minimum absolute atomic E-state index is 0.160. The first-order chi connectivity index (χ1) is 15.6. The van der Waals surface area contributed by atoms with Crippen LogP contribution in [0.4, 0.5) is 5.69 Å². The highest BCUT2D eigenvalue weighted by atomic mass is 35.5. The van der Waals surface area contributed by atoms with Crippen molar-refractivity contribution in [2.75, 3.05) is 19.0 Å². The van der Waals surface area contributed by atoms with Crippen LogP contribution in [0, 0.1) is 0 Å². The first-order valence-corrected chi connectivity index (χ1v) is 10.1. The third kappa shape index (κ3) is 6.66. The van der Waals surface area contributed by atoms with Gasteiger partial charge in [-0.25, -0.2) is 5.43 Å². The summed E-state index contributed by atoms with van der Waals surface area (Å²) in [6.07, 6.45) is 0.754. The molecule has 0 unspecified atom stereocenters. The average Bonchev–Trinajstić information content (AvgIpc) is 2.81. The summed E-state index contributed by atoms with van der Waals surface area (Å²) in [6.45, 7) is -0.160. The number of hydrazone groups is 1. The zero-order valence-corrected chi connectivity index (χ0v) is 18.1. The first-order valence-electron chi connectivity index (χ1n) is 9.74. The number of hydrogen-bond donors (Lipinski definition) is 2. The van der Waals surface area contributed by atoms with E-state index in [2.05, 4.69) is 15.8 Å². The molecule has 0 heterocycles. The normalized spacial score (nSPS) is 11.7. The average molecular weight is 452 g/mol. The Hall–Kier alpha value is -3.68. The Kier molecular flexibility index (Phi) is 8.36. The molecule has 0 bridgehead atoms. The summed E-state index contributed by atoms with van der Waals surface area (Å²) in [6, 6.07) is 23.0. The van der Waals surface area contributed by atoms with Gasteiger partial charge in [0.2, 0.25) is 0 Å². The molecule has 0 fully saturated rings. The van der Waals surface area contributed by atoms with Crippen molar-refractivity contribution in [3.63, 3.8) is 0 Å². The van der Waals surface area contributed by atoms with Gasteiger partial charge in [0.15, 0.2) is 12.7 Å². The maximum Gasteiger partial charge on any atom is 0.273 e. The monoisotopic (exact) mass is 451 g/mol. The molecule has 2 N–H and O–H groups in total. The molecule has 0 saturated carbocycles. The predicted octanol–water partition coefficient (Wildman–Crippen LogP) is 4.20. The molecule has 0 radical (unpaired) electrons. The Balaban J connectivity index is 1.48. The molecule has 164 valence electrons. The number of rotatable bonds is 9. The van der Waals surface area contributed by atoms with Gasteiger partial charge in [-0.3, -0.25) is 9.59 Å². The number of halogens is 1. The number of nitrogens with one attached hydrogen (secondary N) is 2. The Bertz CT molecular complexity index is 1070. The van der Waals surface area contributed by atoms with E-state index in [9.17, 15) is 9.59 Å². The minimum Gasteiger partial charge on any atom is -0.484 e. The molecule has 3 aromatic rings. The van der Waals surface area contributed by atoms with Gasteiger partial charge in [-0.05, 0) is 47.5 Å². The van der Waals surface area contributed by atoms with Gasteiger partial charge < -0.3 is 14.8 Å². The van der Waals surface area contributed by atoms with Crippen LogP contribution in [0.25, 0.3) is 0 Å². The van der Waals surface area contributed by atoms with Crippen LogP contribution in [0.15, 0.2) is 84.0 Å². The third-order valence-corrected chi connectivity index (χ3v) is 4.69. The second-order valence-electron chi connectivity index (χ2n) is 6.65. The highest BCUT2D eigenvalue weighted by Gasteiger charge is 2.19. The lowest BCUT2D eigenvalue weighted by Crippen LogP contribution is -2.26. The van der Waals surface area contributed by atoms with Gasteiger partial charge in [-0.15, -0.1) is 0 Å². The number of nitrogens with zero attached hydrogens (tertiary/aromatic N) is 1. The van der Waals surface area contributed by atoms with Crippen LogP contribution in [0.3, 0.4) is 0 Å². The number of hydrogen-bond acceptors (Lipinski definition) is 5. The van der Waals surface area contributed by atoms with Gasteiger partial charge in [-0.2, -0.15) is 5.10 Å². The lowest BCUT2D eigenvalue weighted by atomic mass is 10.1. The molecule has 8 heteroatoms. The molecule has 1 atom stereocenters. The van der Waals surface area contributed by atoms with E-state index in [0.29, 0.717) is 16.5 Å². The van der Waals surface area contributed by atoms with Gasteiger partial charge in [0.1, 0.15) is 5.75 Å². The Morgan fingerprint density at radius 3 is 2.38 bits per heavy atom. The van der Waals surface area contributed by atoms with Crippen molar-refractivity contribution in [3.8, 4) is 5.75 Å². The quantitative estimate of drug-likeness (QED) is 0.377. The molecular weight excluding hydrogens is 430 g/mol. The van der Waals surface area contributed by atoms with Crippen LogP contribution >= 0.6 is 11.6 Å². The topological polar surface area (TPSA) is 89.0 Å². The molecule has 2 amide bonds. The minimum atomic E-state index is -0.749. The number of carbonyl (C=O) groups is 2. The smallest absolute Gasteiger partial charge is 0.273 e. The first kappa shape index (κ1) is 23.0. The molecule has 3 rings (SSSR count). The van der Waals surface area contributed by atoms with Crippen LogP contribution in [0.2, 0.25) is 5.02 Å². The molecular formula is C24H22ClN3O4. The maximum atomic E-state index is 12.3. The lowest BCUT2D eigenvalue weighted by molar-refractivity contribution is -0.131. The molecule has 0 aromatic heterocycles. The fourth-order valence-electron chi connectivity index (χ4n) is 2.80. The van der Waals surface area contributed by atoms with E-state index in [1.165, 1.54) is 13.3 Å². The second kappa shape index (κ2) is 11.6. The van der Waals surface area contributed by atoms with Crippen molar-refractivity contribution in [3.05, 3.63) is 95.0 Å². The SMILES string of the molecule is CO[C@H](C(=O)N/N=C\c1ccc(OCC(=O)Nc2ccccc2Cl)cc1)c1ccccc1. The molecule has 0 spiro atoms. The molecule has 32 heavy (non-hydrogen) atoms. The summed E-state index contributed by atoms with van der Waals surface area (Å²) in [4.78, 5) is 24.3. The van der Waals surface area contributed by atoms with E-state index in [1.54, 1.807) is 48.5 Å². The van der Waals surface area contributed by atoms with Crippen molar-refractivity contribution >= 4 is 35.3 Å². The second-order valence-corrected chi connectivity index (χ2v) is 7.05. The van der Waals surface area contributed by atoms with Crippen LogP contribution in [-0.2, 0) is 14.3 Å². The number of amides is 2. The fourth-order valence-corrected chi connectivity index (χ4v) is 2.98. The fraction of sp³-hybridized carbons (Fsp3) is 0.125. The standard InChI is InChI=1S/C24H22ClN3O4/c1-31-23(18-7-3-2-4-8-18)24(30)28-26-15-17-11-13-19(14-12-17)32-16-22(29)27-21-10-6-5-9-20(21)25/h2-15,23H,16H2,1H3,(H,27,29)(H,28,30)/b26-15-/t23-/m0/s1. The van der Waals surface area contributed by atoms with Crippen LogP contribution in [0.5, 0.6) is 5.75 Å². The van der Waals surface area contributed by atoms with Crippen molar-refractivity contribution in [2.45, 2.75) is 6.10 Å². The number of carbonyl (C=O) groups excluding carboxylic acids is 2. The highest BCUT2D eigenvalue weighted by molar-refractivity contribution is 6.33. The Morgan fingerprint density at radius 1 is 1.00 bits per heavy atom. The summed E-state index contributed by atoms with van der Waals surface area (Å²) in [5.74, 6) is -0.180. The number of anilines is 1. The number of para-hydroxylation sites is 1. The van der Waals surface area contributed by atoms with Gasteiger partial charge in [0.05, 0.1) is 16.9 Å². The van der Waals surface area contributed by atoms with Gasteiger partial charge in [-0.1, -0.05) is 54.1 Å².